The number of carbonyl (C=O) groups excluding carboxylic acids is 2. The van der Waals surface area contributed by atoms with Gasteiger partial charge in [0.1, 0.15) is 5.82 Å². The van der Waals surface area contributed by atoms with Gasteiger partial charge in [-0.25, -0.2) is 4.39 Å². The summed E-state index contributed by atoms with van der Waals surface area (Å²) in [6.45, 7) is 0.662. The average Bonchev–Trinajstić information content (AvgIpc) is 3.12. The lowest BCUT2D eigenvalue weighted by molar-refractivity contribution is 0.0988. The molecule has 0 aromatic heterocycles. The van der Waals surface area contributed by atoms with Crippen LogP contribution in [0.5, 0.6) is 0 Å². The predicted molar refractivity (Wildman–Crippen MR) is 110 cm³/mol. The maximum Gasteiger partial charge on any atom is 0.258 e. The second-order valence-corrected chi connectivity index (χ2v) is 7.35. The number of para-hydroxylation sites is 1. The highest BCUT2D eigenvalue weighted by atomic mass is 79.9. The van der Waals surface area contributed by atoms with Gasteiger partial charge in [0, 0.05) is 28.0 Å². The molecule has 0 atom stereocenters. The number of anilines is 2. The summed E-state index contributed by atoms with van der Waals surface area (Å²) in [5, 5.41) is 2.75. The first kappa shape index (κ1) is 18.4. The van der Waals surface area contributed by atoms with Gasteiger partial charge in [-0.3, -0.25) is 9.59 Å². The van der Waals surface area contributed by atoms with Crippen LogP contribution in [0.4, 0.5) is 15.8 Å². The Kier molecular flexibility index (Phi) is 4.96. The number of fused-ring (bicyclic) bond motifs is 1. The zero-order valence-corrected chi connectivity index (χ0v) is 16.4. The molecule has 0 bridgehead atoms. The molecular weight excluding hydrogens is 423 g/mol. The van der Waals surface area contributed by atoms with Gasteiger partial charge in [-0.2, -0.15) is 0 Å². The predicted octanol–water partition coefficient (Wildman–Crippen LogP) is 5.04. The van der Waals surface area contributed by atoms with E-state index in [0.29, 0.717) is 27.8 Å². The fourth-order valence-electron chi connectivity index (χ4n) is 3.27. The minimum Gasteiger partial charge on any atom is -0.322 e. The van der Waals surface area contributed by atoms with E-state index in [1.165, 1.54) is 23.8 Å². The van der Waals surface area contributed by atoms with Crippen molar-refractivity contribution in [3.63, 3.8) is 0 Å². The SMILES string of the molecule is O=C(Nc1ccc(C(=O)N2CCc3ccccc32)cc1)c1ccc(F)cc1Br. The third kappa shape index (κ3) is 3.55. The second-order valence-electron chi connectivity index (χ2n) is 6.49. The fraction of sp³-hybridized carbons (Fsp3) is 0.0909. The van der Waals surface area contributed by atoms with E-state index >= 15 is 0 Å². The first-order valence-electron chi connectivity index (χ1n) is 8.79. The van der Waals surface area contributed by atoms with Gasteiger partial charge < -0.3 is 10.2 Å². The second kappa shape index (κ2) is 7.56. The van der Waals surface area contributed by atoms with Crippen LogP contribution in [0.3, 0.4) is 0 Å². The number of nitrogens with one attached hydrogen (secondary N) is 1. The van der Waals surface area contributed by atoms with E-state index in [4.69, 9.17) is 0 Å². The first-order chi connectivity index (χ1) is 13.5. The molecule has 3 aromatic carbocycles. The Morgan fingerprint density at radius 2 is 1.75 bits per heavy atom. The zero-order valence-electron chi connectivity index (χ0n) is 14.8. The van der Waals surface area contributed by atoms with Crippen LogP contribution in [0, 0.1) is 5.82 Å². The Morgan fingerprint density at radius 3 is 2.50 bits per heavy atom. The number of halogens is 2. The van der Waals surface area contributed by atoms with E-state index in [1.54, 1.807) is 29.2 Å². The normalized spacial score (nSPS) is 12.6. The molecule has 0 unspecified atom stereocenters. The lowest BCUT2D eigenvalue weighted by atomic mass is 10.1. The molecule has 0 radical (unpaired) electrons. The monoisotopic (exact) mass is 438 g/mol. The van der Waals surface area contributed by atoms with Gasteiger partial charge >= 0.3 is 0 Å². The molecule has 1 aliphatic rings. The molecule has 1 heterocycles. The summed E-state index contributed by atoms with van der Waals surface area (Å²) in [4.78, 5) is 27.0. The van der Waals surface area contributed by atoms with Gasteiger partial charge in [-0.15, -0.1) is 0 Å². The van der Waals surface area contributed by atoms with E-state index in [-0.39, 0.29) is 11.8 Å². The molecule has 2 amide bonds. The summed E-state index contributed by atoms with van der Waals surface area (Å²) in [5.74, 6) is -0.849. The number of amides is 2. The van der Waals surface area contributed by atoms with Gasteiger partial charge in [0.05, 0.1) is 5.56 Å². The van der Waals surface area contributed by atoms with Gasteiger partial charge in [-0.1, -0.05) is 18.2 Å². The highest BCUT2D eigenvalue weighted by molar-refractivity contribution is 9.10. The van der Waals surface area contributed by atoms with Crippen molar-refractivity contribution in [2.24, 2.45) is 0 Å². The minimum absolute atomic E-state index is 0.0656. The number of nitrogens with zero attached hydrogens (tertiary/aromatic N) is 1. The van der Waals surface area contributed by atoms with Crippen LogP contribution in [0.2, 0.25) is 0 Å². The van der Waals surface area contributed by atoms with Gasteiger partial charge in [-0.05, 0) is 76.4 Å². The number of carbonyl (C=O) groups is 2. The maximum atomic E-state index is 13.2. The maximum absolute atomic E-state index is 13.2. The van der Waals surface area contributed by atoms with Gasteiger partial charge in [0.15, 0.2) is 0 Å². The van der Waals surface area contributed by atoms with Gasteiger partial charge in [0.2, 0.25) is 0 Å². The highest BCUT2D eigenvalue weighted by Gasteiger charge is 2.25. The molecule has 6 heteroatoms. The molecule has 0 saturated carbocycles. The van der Waals surface area contributed by atoms with Crippen molar-refractivity contribution in [2.45, 2.75) is 6.42 Å². The molecule has 28 heavy (non-hydrogen) atoms. The zero-order chi connectivity index (χ0) is 19.7. The number of benzene rings is 3. The third-order valence-corrected chi connectivity index (χ3v) is 5.35. The van der Waals surface area contributed by atoms with Crippen LogP contribution in [0.15, 0.2) is 71.2 Å². The molecule has 0 spiro atoms. The fourth-order valence-corrected chi connectivity index (χ4v) is 3.80. The first-order valence-corrected chi connectivity index (χ1v) is 9.58. The topological polar surface area (TPSA) is 49.4 Å². The van der Waals surface area contributed by atoms with Crippen molar-refractivity contribution in [2.75, 3.05) is 16.8 Å². The molecule has 4 rings (SSSR count). The quantitative estimate of drug-likeness (QED) is 0.622. The van der Waals surface area contributed by atoms with E-state index in [2.05, 4.69) is 21.2 Å². The number of hydrogen-bond donors (Lipinski definition) is 1. The summed E-state index contributed by atoms with van der Waals surface area (Å²) in [6.07, 6.45) is 0.850. The number of rotatable bonds is 3. The summed E-state index contributed by atoms with van der Waals surface area (Å²) in [5.41, 5.74) is 3.56. The Hall–Kier alpha value is -2.99. The molecule has 3 aromatic rings. The van der Waals surface area contributed by atoms with E-state index in [9.17, 15) is 14.0 Å². The highest BCUT2D eigenvalue weighted by Crippen LogP contribution is 2.29. The Balaban J connectivity index is 1.48. The summed E-state index contributed by atoms with van der Waals surface area (Å²) in [6, 6.07) is 18.5. The van der Waals surface area contributed by atoms with Crippen molar-refractivity contribution < 1.29 is 14.0 Å². The molecular formula is C22H16BrFN2O2. The van der Waals surface area contributed by atoms with Crippen molar-refractivity contribution in [3.05, 3.63) is 93.7 Å². The van der Waals surface area contributed by atoms with E-state index in [0.717, 1.165) is 12.1 Å². The van der Waals surface area contributed by atoms with Crippen molar-refractivity contribution in [1.29, 1.82) is 0 Å². The lowest BCUT2D eigenvalue weighted by Crippen LogP contribution is -2.28. The van der Waals surface area contributed by atoms with Crippen LogP contribution in [0.25, 0.3) is 0 Å². The largest absolute Gasteiger partial charge is 0.322 e. The minimum atomic E-state index is -0.422. The summed E-state index contributed by atoms with van der Waals surface area (Å²) >= 11 is 3.19. The summed E-state index contributed by atoms with van der Waals surface area (Å²) in [7, 11) is 0. The van der Waals surface area contributed by atoms with Gasteiger partial charge in [0.25, 0.3) is 11.8 Å². The van der Waals surface area contributed by atoms with Crippen LogP contribution >= 0.6 is 15.9 Å². The standard InChI is InChI=1S/C22H16BrFN2O2/c23-19-13-16(24)7-10-18(19)21(27)25-17-8-5-15(6-9-17)22(28)26-12-11-14-3-1-2-4-20(14)26/h1-10,13H,11-12H2,(H,25,27). The molecule has 0 fully saturated rings. The van der Waals surface area contributed by atoms with Crippen LogP contribution in [0.1, 0.15) is 26.3 Å². The Morgan fingerprint density at radius 1 is 1.00 bits per heavy atom. The van der Waals surface area contributed by atoms with Crippen LogP contribution in [-0.2, 0) is 6.42 Å². The molecule has 1 N–H and O–H groups in total. The molecule has 0 saturated heterocycles. The molecule has 1 aliphatic heterocycles. The van der Waals surface area contributed by atoms with E-state index < -0.39 is 5.82 Å². The summed E-state index contributed by atoms with van der Waals surface area (Å²) < 4.78 is 13.6. The van der Waals surface area contributed by atoms with Crippen LogP contribution in [-0.4, -0.2) is 18.4 Å². The molecule has 4 nitrogen and oxygen atoms in total. The Labute approximate surface area is 170 Å². The van der Waals surface area contributed by atoms with Crippen molar-refractivity contribution in [3.8, 4) is 0 Å². The molecule has 140 valence electrons. The molecule has 0 aliphatic carbocycles. The Bertz CT molecular complexity index is 1070. The van der Waals surface area contributed by atoms with Crippen molar-refractivity contribution >= 4 is 39.1 Å². The smallest absolute Gasteiger partial charge is 0.258 e. The van der Waals surface area contributed by atoms with E-state index in [1.807, 2.05) is 24.3 Å². The van der Waals surface area contributed by atoms with Crippen molar-refractivity contribution in [1.82, 2.24) is 0 Å². The van der Waals surface area contributed by atoms with Crippen LogP contribution < -0.4 is 10.2 Å². The lowest BCUT2D eigenvalue weighted by Gasteiger charge is -2.17. The third-order valence-electron chi connectivity index (χ3n) is 4.70. The number of hydrogen-bond acceptors (Lipinski definition) is 2. The average molecular weight is 439 g/mol.